The summed E-state index contributed by atoms with van der Waals surface area (Å²) in [5.74, 6) is 0.945. The van der Waals surface area contributed by atoms with Gasteiger partial charge < -0.3 is 9.84 Å². The first-order chi connectivity index (χ1) is 9.65. The van der Waals surface area contributed by atoms with Crippen molar-refractivity contribution in [3.8, 4) is 5.75 Å². The highest BCUT2D eigenvalue weighted by molar-refractivity contribution is 5.36. The summed E-state index contributed by atoms with van der Waals surface area (Å²) in [5.41, 5.74) is 2.05. The quantitative estimate of drug-likeness (QED) is 0.598. The van der Waals surface area contributed by atoms with Crippen molar-refractivity contribution in [2.24, 2.45) is 0 Å². The molecule has 0 aromatic heterocycles. The highest BCUT2D eigenvalue weighted by Crippen LogP contribution is 2.23. The summed E-state index contributed by atoms with van der Waals surface area (Å²) in [6, 6.07) is 5.92. The van der Waals surface area contributed by atoms with Gasteiger partial charge in [-0.15, -0.1) is 0 Å². The van der Waals surface area contributed by atoms with Gasteiger partial charge in [0.2, 0.25) is 0 Å². The average Bonchev–Trinajstić information content (AvgIpc) is 2.43. The first kappa shape index (κ1) is 17.0. The summed E-state index contributed by atoms with van der Waals surface area (Å²) in [6.07, 6.45) is 8.70. The number of unbranched alkanes of at least 4 members (excludes halogenated alkanes) is 6. The van der Waals surface area contributed by atoms with Crippen LogP contribution in [0.1, 0.15) is 76.0 Å². The molecule has 0 spiro atoms. The van der Waals surface area contributed by atoms with Gasteiger partial charge in [0.1, 0.15) is 5.75 Å². The predicted octanol–water partition coefficient (Wildman–Crippen LogP) is 5.18. The lowest BCUT2D eigenvalue weighted by Gasteiger charge is -2.12. The Bertz CT molecular complexity index is 372. The Labute approximate surface area is 124 Å². The number of hydrogen-bond acceptors (Lipinski definition) is 2. The van der Waals surface area contributed by atoms with Gasteiger partial charge in [-0.1, -0.05) is 51.5 Å². The molecule has 0 amide bonds. The molecule has 0 saturated heterocycles. The van der Waals surface area contributed by atoms with Gasteiger partial charge in [0.25, 0.3) is 0 Å². The summed E-state index contributed by atoms with van der Waals surface area (Å²) >= 11 is 0. The van der Waals surface area contributed by atoms with Crippen molar-refractivity contribution in [1.29, 1.82) is 0 Å². The SMILES string of the molecule is CCCCCCCCCOc1ccc([C@@H](C)O)cc1C. The van der Waals surface area contributed by atoms with Crippen LogP contribution in [0.15, 0.2) is 18.2 Å². The standard InChI is InChI=1S/C18H30O2/c1-4-5-6-7-8-9-10-13-20-18-12-11-17(16(3)19)14-15(18)2/h11-12,14,16,19H,4-10,13H2,1-3H3/t16-/m1/s1. The second-order valence-electron chi connectivity index (χ2n) is 5.67. The number of hydrogen-bond donors (Lipinski definition) is 1. The van der Waals surface area contributed by atoms with Crippen LogP contribution in [0, 0.1) is 6.92 Å². The zero-order valence-electron chi connectivity index (χ0n) is 13.3. The second-order valence-corrected chi connectivity index (χ2v) is 5.67. The highest BCUT2D eigenvalue weighted by atomic mass is 16.5. The van der Waals surface area contributed by atoms with E-state index >= 15 is 0 Å². The molecule has 0 fully saturated rings. The van der Waals surface area contributed by atoms with Crippen LogP contribution in [0.5, 0.6) is 5.75 Å². The van der Waals surface area contributed by atoms with Crippen LogP contribution >= 0.6 is 0 Å². The van der Waals surface area contributed by atoms with E-state index in [2.05, 4.69) is 6.92 Å². The third-order valence-corrected chi connectivity index (χ3v) is 3.69. The van der Waals surface area contributed by atoms with E-state index in [0.29, 0.717) is 0 Å². The normalized spacial score (nSPS) is 12.4. The minimum Gasteiger partial charge on any atom is -0.493 e. The Morgan fingerprint density at radius 3 is 2.30 bits per heavy atom. The van der Waals surface area contributed by atoms with Crippen LogP contribution in [0.3, 0.4) is 0 Å². The average molecular weight is 278 g/mol. The third kappa shape index (κ3) is 6.42. The fourth-order valence-electron chi connectivity index (χ4n) is 2.34. The molecule has 0 heterocycles. The molecule has 0 aliphatic rings. The molecule has 0 saturated carbocycles. The first-order valence-electron chi connectivity index (χ1n) is 8.06. The lowest BCUT2D eigenvalue weighted by atomic mass is 10.1. The Morgan fingerprint density at radius 2 is 1.70 bits per heavy atom. The van der Waals surface area contributed by atoms with Crippen LogP contribution in [0.25, 0.3) is 0 Å². The maximum absolute atomic E-state index is 9.53. The van der Waals surface area contributed by atoms with Crippen LogP contribution in [-0.2, 0) is 0 Å². The number of aliphatic hydroxyl groups is 1. The molecule has 0 unspecified atom stereocenters. The molecule has 0 aliphatic carbocycles. The summed E-state index contributed by atoms with van der Waals surface area (Å²) in [5, 5.41) is 9.53. The summed E-state index contributed by atoms with van der Waals surface area (Å²) < 4.78 is 5.82. The molecular formula is C18H30O2. The minimum atomic E-state index is -0.411. The van der Waals surface area contributed by atoms with Crippen molar-refractivity contribution in [3.05, 3.63) is 29.3 Å². The van der Waals surface area contributed by atoms with Gasteiger partial charge in [-0.05, 0) is 43.5 Å². The minimum absolute atomic E-state index is 0.411. The van der Waals surface area contributed by atoms with Crippen molar-refractivity contribution in [3.63, 3.8) is 0 Å². The van der Waals surface area contributed by atoms with E-state index < -0.39 is 6.10 Å². The van der Waals surface area contributed by atoms with Crippen molar-refractivity contribution in [2.75, 3.05) is 6.61 Å². The number of benzene rings is 1. The molecule has 114 valence electrons. The van der Waals surface area contributed by atoms with E-state index in [1.165, 1.54) is 38.5 Å². The Morgan fingerprint density at radius 1 is 1.05 bits per heavy atom. The largest absolute Gasteiger partial charge is 0.493 e. The van der Waals surface area contributed by atoms with Crippen molar-refractivity contribution in [2.45, 2.75) is 71.8 Å². The molecule has 1 N–H and O–H groups in total. The van der Waals surface area contributed by atoms with Gasteiger partial charge in [-0.3, -0.25) is 0 Å². The maximum atomic E-state index is 9.53. The Hall–Kier alpha value is -1.02. The fraction of sp³-hybridized carbons (Fsp3) is 0.667. The topological polar surface area (TPSA) is 29.5 Å². The molecule has 1 rings (SSSR count). The van der Waals surface area contributed by atoms with Crippen LogP contribution in [0.4, 0.5) is 0 Å². The van der Waals surface area contributed by atoms with Crippen molar-refractivity contribution >= 4 is 0 Å². The van der Waals surface area contributed by atoms with Gasteiger partial charge >= 0.3 is 0 Å². The number of rotatable bonds is 10. The van der Waals surface area contributed by atoms with Gasteiger partial charge in [-0.2, -0.15) is 0 Å². The smallest absolute Gasteiger partial charge is 0.122 e. The lowest BCUT2D eigenvalue weighted by Crippen LogP contribution is -2.00. The predicted molar refractivity (Wildman–Crippen MR) is 85.3 cm³/mol. The first-order valence-corrected chi connectivity index (χ1v) is 8.06. The number of aryl methyl sites for hydroxylation is 1. The number of ether oxygens (including phenoxy) is 1. The monoisotopic (exact) mass is 278 g/mol. The van der Waals surface area contributed by atoms with Crippen molar-refractivity contribution in [1.82, 2.24) is 0 Å². The van der Waals surface area contributed by atoms with Gasteiger partial charge in [0, 0.05) is 0 Å². The highest BCUT2D eigenvalue weighted by Gasteiger charge is 2.04. The van der Waals surface area contributed by atoms with E-state index in [-0.39, 0.29) is 0 Å². The van der Waals surface area contributed by atoms with Crippen molar-refractivity contribution < 1.29 is 9.84 Å². The molecule has 1 aromatic rings. The van der Waals surface area contributed by atoms with Gasteiger partial charge in [0.05, 0.1) is 12.7 Å². The summed E-state index contributed by atoms with van der Waals surface area (Å²) in [4.78, 5) is 0. The lowest BCUT2D eigenvalue weighted by molar-refractivity contribution is 0.199. The molecule has 20 heavy (non-hydrogen) atoms. The molecule has 0 radical (unpaired) electrons. The zero-order chi connectivity index (χ0) is 14.8. The third-order valence-electron chi connectivity index (χ3n) is 3.69. The Kier molecular flexibility index (Phi) is 8.36. The molecule has 1 atom stereocenters. The van der Waals surface area contributed by atoms with Crippen LogP contribution in [-0.4, -0.2) is 11.7 Å². The van der Waals surface area contributed by atoms with Gasteiger partial charge in [0.15, 0.2) is 0 Å². The molecule has 1 aromatic carbocycles. The maximum Gasteiger partial charge on any atom is 0.122 e. The van der Waals surface area contributed by atoms with Crippen LogP contribution < -0.4 is 4.74 Å². The molecule has 2 heteroatoms. The zero-order valence-corrected chi connectivity index (χ0v) is 13.3. The molecule has 0 aliphatic heterocycles. The molecule has 2 nitrogen and oxygen atoms in total. The van der Waals surface area contributed by atoms with E-state index in [9.17, 15) is 5.11 Å². The summed E-state index contributed by atoms with van der Waals surface area (Å²) in [7, 11) is 0. The fourth-order valence-corrected chi connectivity index (χ4v) is 2.34. The van der Waals surface area contributed by atoms with Crippen LogP contribution in [0.2, 0.25) is 0 Å². The number of aliphatic hydroxyl groups excluding tert-OH is 1. The Balaban J connectivity index is 2.19. The molecular weight excluding hydrogens is 248 g/mol. The van der Waals surface area contributed by atoms with E-state index in [1.807, 2.05) is 25.1 Å². The van der Waals surface area contributed by atoms with E-state index in [4.69, 9.17) is 4.74 Å². The molecule has 0 bridgehead atoms. The van der Waals surface area contributed by atoms with Gasteiger partial charge in [-0.25, -0.2) is 0 Å². The second kappa shape index (κ2) is 9.82. The summed E-state index contributed by atoms with van der Waals surface area (Å²) in [6.45, 7) is 6.86. The van der Waals surface area contributed by atoms with E-state index in [1.54, 1.807) is 6.92 Å². The van der Waals surface area contributed by atoms with E-state index in [0.717, 1.165) is 29.9 Å².